The Labute approximate surface area is 185 Å². The molecule has 0 aliphatic heterocycles. The van der Waals surface area contributed by atoms with Gasteiger partial charge in [0.1, 0.15) is 6.04 Å². The fourth-order valence-electron chi connectivity index (χ4n) is 3.96. The Morgan fingerprint density at radius 2 is 2.03 bits per heavy atom. The molecule has 4 heterocycles. The first-order valence-electron chi connectivity index (χ1n) is 10.1. The summed E-state index contributed by atoms with van der Waals surface area (Å²) in [5, 5.41) is 22.6. The topological polar surface area (TPSA) is 97.3 Å². The maximum atomic E-state index is 14.2. The number of nitrogens with zero attached hydrogens (tertiary/aromatic N) is 5. The minimum atomic E-state index is -3.13. The number of aromatic nitrogens is 5. The van der Waals surface area contributed by atoms with Crippen molar-refractivity contribution in [1.82, 2.24) is 29.7 Å². The maximum absolute atomic E-state index is 14.2. The molecular formula is C21H20F2N6O2S. The van der Waals surface area contributed by atoms with Crippen molar-refractivity contribution < 1.29 is 18.7 Å². The standard InChI is InChI=1S/C21H20F2N6O2S/c1-28-9-14(7-25-28)13-6-24-19-15(8-26-29(19)10-13)12-5-17(32-11-12)20(31)27-18-16(30)3-2-4-21(18,22)23/h5-11,16,18,30H,2-4H2,1H3,(H,27,31)/t16-,18+/m0/s1. The van der Waals surface area contributed by atoms with E-state index in [1.807, 2.05) is 19.4 Å². The smallest absolute Gasteiger partial charge is 0.270 e. The highest BCUT2D eigenvalue weighted by Crippen LogP contribution is 2.35. The predicted octanol–water partition coefficient (Wildman–Crippen LogP) is 3.14. The minimum Gasteiger partial charge on any atom is -0.391 e. The minimum absolute atomic E-state index is 0.230. The third-order valence-electron chi connectivity index (χ3n) is 5.67. The summed E-state index contributed by atoms with van der Waals surface area (Å²) in [4.78, 5) is 17.4. The van der Waals surface area contributed by atoms with Crippen molar-refractivity contribution in [3.8, 4) is 22.3 Å². The van der Waals surface area contributed by atoms with E-state index in [0.29, 0.717) is 11.2 Å². The molecular weight excluding hydrogens is 438 g/mol. The van der Waals surface area contributed by atoms with Crippen molar-refractivity contribution in [3.63, 3.8) is 0 Å². The van der Waals surface area contributed by atoms with Crippen LogP contribution in [0, 0.1) is 0 Å². The Morgan fingerprint density at radius 1 is 1.22 bits per heavy atom. The van der Waals surface area contributed by atoms with E-state index in [-0.39, 0.29) is 24.1 Å². The SMILES string of the molecule is Cn1cc(-c2cnc3c(-c4csc(C(=O)N[C@@H]5[C@@H](O)CCCC5(F)F)c4)cnn3c2)cn1. The number of rotatable bonds is 4. The third kappa shape index (κ3) is 3.67. The summed E-state index contributed by atoms with van der Waals surface area (Å²) in [7, 11) is 1.84. The zero-order valence-corrected chi connectivity index (χ0v) is 17.9. The molecule has 0 unspecified atom stereocenters. The van der Waals surface area contributed by atoms with Gasteiger partial charge >= 0.3 is 0 Å². The molecule has 166 valence electrons. The molecule has 1 saturated carbocycles. The van der Waals surface area contributed by atoms with Gasteiger partial charge in [-0.05, 0) is 29.9 Å². The zero-order chi connectivity index (χ0) is 22.5. The van der Waals surface area contributed by atoms with Gasteiger partial charge in [0, 0.05) is 48.7 Å². The van der Waals surface area contributed by atoms with E-state index in [1.54, 1.807) is 39.2 Å². The van der Waals surface area contributed by atoms with Crippen LogP contribution in [0.5, 0.6) is 0 Å². The number of thiophene rings is 1. The second kappa shape index (κ2) is 7.75. The van der Waals surface area contributed by atoms with Crippen LogP contribution < -0.4 is 5.32 Å². The van der Waals surface area contributed by atoms with Crippen LogP contribution in [0.2, 0.25) is 0 Å². The molecule has 32 heavy (non-hydrogen) atoms. The summed E-state index contributed by atoms with van der Waals surface area (Å²) >= 11 is 1.14. The number of carbonyl (C=O) groups excluding carboxylic acids is 1. The molecule has 0 spiro atoms. The molecule has 4 aromatic heterocycles. The first-order chi connectivity index (χ1) is 15.3. The lowest BCUT2D eigenvalue weighted by Crippen LogP contribution is -2.56. The van der Waals surface area contributed by atoms with Gasteiger partial charge in [-0.3, -0.25) is 9.48 Å². The number of aliphatic hydroxyl groups excluding tert-OH is 1. The monoisotopic (exact) mass is 458 g/mol. The fourth-order valence-corrected chi connectivity index (χ4v) is 4.77. The summed E-state index contributed by atoms with van der Waals surface area (Å²) in [6, 6.07) is 0.0417. The molecule has 0 radical (unpaired) electrons. The van der Waals surface area contributed by atoms with Gasteiger partial charge in [0.05, 0.1) is 23.4 Å². The molecule has 1 fully saturated rings. The van der Waals surface area contributed by atoms with Gasteiger partial charge in [0.2, 0.25) is 0 Å². The zero-order valence-electron chi connectivity index (χ0n) is 17.1. The summed E-state index contributed by atoms with van der Waals surface area (Å²) < 4.78 is 31.7. The van der Waals surface area contributed by atoms with E-state index < -0.39 is 24.0 Å². The Morgan fingerprint density at radius 3 is 2.78 bits per heavy atom. The van der Waals surface area contributed by atoms with E-state index >= 15 is 0 Å². The number of hydrogen-bond donors (Lipinski definition) is 2. The largest absolute Gasteiger partial charge is 0.391 e. The molecule has 0 saturated heterocycles. The molecule has 0 bridgehead atoms. The first-order valence-corrected chi connectivity index (χ1v) is 11.0. The number of nitrogens with one attached hydrogen (secondary N) is 1. The van der Waals surface area contributed by atoms with Crippen molar-refractivity contribution in [1.29, 1.82) is 0 Å². The second-order valence-corrected chi connectivity index (χ2v) is 8.85. The fraction of sp³-hybridized carbons (Fsp3) is 0.333. The lowest BCUT2D eigenvalue weighted by Gasteiger charge is -2.35. The summed E-state index contributed by atoms with van der Waals surface area (Å²) in [5.41, 5.74) is 3.82. The van der Waals surface area contributed by atoms with Crippen LogP contribution in [-0.4, -0.2) is 53.5 Å². The Kier molecular flexibility index (Phi) is 5.01. The molecule has 1 aliphatic carbocycles. The molecule has 5 rings (SSSR count). The number of fused-ring (bicyclic) bond motifs is 1. The molecule has 0 aromatic carbocycles. The van der Waals surface area contributed by atoms with E-state index in [2.05, 4.69) is 20.5 Å². The van der Waals surface area contributed by atoms with Crippen LogP contribution in [0.15, 0.2) is 42.4 Å². The van der Waals surface area contributed by atoms with Crippen molar-refractivity contribution in [2.24, 2.45) is 7.05 Å². The van der Waals surface area contributed by atoms with Gasteiger partial charge in [0.25, 0.3) is 11.8 Å². The van der Waals surface area contributed by atoms with E-state index in [0.717, 1.165) is 28.0 Å². The number of hydrogen-bond acceptors (Lipinski definition) is 6. The molecule has 4 aromatic rings. The van der Waals surface area contributed by atoms with Crippen molar-refractivity contribution in [3.05, 3.63) is 47.3 Å². The van der Waals surface area contributed by atoms with Crippen LogP contribution >= 0.6 is 11.3 Å². The van der Waals surface area contributed by atoms with Gasteiger partial charge in [-0.15, -0.1) is 11.3 Å². The molecule has 1 amide bonds. The average Bonchev–Trinajstić information content (AvgIpc) is 3.49. The van der Waals surface area contributed by atoms with Gasteiger partial charge in [0.15, 0.2) is 5.65 Å². The summed E-state index contributed by atoms with van der Waals surface area (Å²) in [6.45, 7) is 0. The quantitative estimate of drug-likeness (QED) is 0.490. The highest BCUT2D eigenvalue weighted by atomic mass is 32.1. The van der Waals surface area contributed by atoms with Crippen LogP contribution in [0.4, 0.5) is 8.78 Å². The Bertz CT molecular complexity index is 1300. The number of amides is 1. The van der Waals surface area contributed by atoms with Gasteiger partial charge in [-0.2, -0.15) is 10.2 Å². The Hall–Kier alpha value is -3.18. The van der Waals surface area contributed by atoms with E-state index in [4.69, 9.17) is 0 Å². The molecule has 8 nitrogen and oxygen atoms in total. The number of aliphatic hydroxyl groups is 1. The lowest BCUT2D eigenvalue weighted by atomic mass is 9.89. The highest BCUT2D eigenvalue weighted by molar-refractivity contribution is 7.12. The number of carbonyl (C=O) groups is 1. The van der Waals surface area contributed by atoms with Crippen molar-refractivity contribution in [2.45, 2.75) is 37.3 Å². The maximum Gasteiger partial charge on any atom is 0.270 e. The second-order valence-electron chi connectivity index (χ2n) is 7.94. The van der Waals surface area contributed by atoms with E-state index in [9.17, 15) is 18.7 Å². The summed E-state index contributed by atoms with van der Waals surface area (Å²) in [6.07, 6.45) is 7.70. The lowest BCUT2D eigenvalue weighted by molar-refractivity contribution is -0.105. The van der Waals surface area contributed by atoms with Crippen molar-refractivity contribution in [2.75, 3.05) is 0 Å². The van der Waals surface area contributed by atoms with Crippen molar-refractivity contribution >= 4 is 22.9 Å². The molecule has 11 heteroatoms. The molecule has 2 N–H and O–H groups in total. The van der Waals surface area contributed by atoms with Crippen LogP contribution in [-0.2, 0) is 7.05 Å². The molecule has 2 atom stereocenters. The summed E-state index contributed by atoms with van der Waals surface area (Å²) in [5.74, 6) is -3.76. The number of aryl methyl sites for hydroxylation is 1. The van der Waals surface area contributed by atoms with E-state index in [1.165, 1.54) is 0 Å². The van der Waals surface area contributed by atoms with Gasteiger partial charge in [-0.25, -0.2) is 18.3 Å². The van der Waals surface area contributed by atoms with Crippen LogP contribution in [0.25, 0.3) is 27.9 Å². The normalized spacial score (nSPS) is 20.5. The number of alkyl halides is 2. The Balaban J connectivity index is 1.39. The number of halogens is 2. The van der Waals surface area contributed by atoms with Gasteiger partial charge in [-0.1, -0.05) is 0 Å². The average molecular weight is 458 g/mol. The van der Waals surface area contributed by atoms with Gasteiger partial charge < -0.3 is 10.4 Å². The van der Waals surface area contributed by atoms with Crippen LogP contribution in [0.3, 0.4) is 0 Å². The predicted molar refractivity (Wildman–Crippen MR) is 115 cm³/mol. The first kappa shape index (κ1) is 20.7. The highest BCUT2D eigenvalue weighted by Gasteiger charge is 2.47. The molecule has 1 aliphatic rings. The van der Waals surface area contributed by atoms with Crippen LogP contribution in [0.1, 0.15) is 28.9 Å². The third-order valence-corrected chi connectivity index (χ3v) is 6.59.